The van der Waals surface area contributed by atoms with Gasteiger partial charge < -0.3 is 0 Å². The van der Waals surface area contributed by atoms with Gasteiger partial charge >= 0.3 is 0 Å². The monoisotopic (exact) mass is 335 g/mol. The lowest BCUT2D eigenvalue weighted by Crippen LogP contribution is -1.88. The van der Waals surface area contributed by atoms with Crippen molar-refractivity contribution in [2.45, 2.75) is 19.6 Å². The lowest BCUT2D eigenvalue weighted by Gasteiger charge is -1.90. The van der Waals surface area contributed by atoms with Crippen LogP contribution in [-0.2, 0) is 5.33 Å². The summed E-state index contributed by atoms with van der Waals surface area (Å²) in [6.45, 7) is -2.20. The highest BCUT2D eigenvalue weighted by atomic mass is 79.9. The molecule has 0 aliphatic rings. The summed E-state index contributed by atoms with van der Waals surface area (Å²) >= 11 is 3.24. The molecule has 0 radical (unpaired) electrons. The van der Waals surface area contributed by atoms with Gasteiger partial charge in [-0.15, -0.1) is 0 Å². The van der Waals surface area contributed by atoms with Crippen molar-refractivity contribution < 1.29 is 4.11 Å². The van der Waals surface area contributed by atoms with Gasteiger partial charge in [-0.05, 0) is 18.0 Å². The van der Waals surface area contributed by atoms with Crippen molar-refractivity contribution in [3.05, 3.63) is 47.6 Å². The fourth-order valence-electron chi connectivity index (χ4n) is 0.867. The fraction of sp³-hybridized carbons (Fsp3) is 0.231. The van der Waals surface area contributed by atoms with Crippen molar-refractivity contribution in [2.75, 3.05) is 0 Å². The predicted molar refractivity (Wildman–Crippen MR) is 77.6 cm³/mol. The van der Waals surface area contributed by atoms with E-state index in [-0.39, 0.29) is 24.6 Å². The van der Waals surface area contributed by atoms with E-state index in [1.54, 1.807) is 18.5 Å². The second kappa shape index (κ2) is 9.54. The second-order valence-corrected chi connectivity index (χ2v) is 3.63. The molecular weight excluding hydrogens is 320 g/mol. The Morgan fingerprint density at radius 2 is 1.50 bits per heavy atom. The molecule has 2 aromatic heterocycles. The lowest BCUT2D eigenvalue weighted by atomic mass is 10.4. The van der Waals surface area contributed by atoms with Crippen LogP contribution in [0.25, 0.3) is 0 Å². The van der Waals surface area contributed by atoms with Crippen LogP contribution in [0.1, 0.15) is 34.3 Å². The number of nitrogens with zero attached hydrogens (tertiary/aromatic N) is 6. The van der Waals surface area contributed by atoms with Crippen LogP contribution in [0.3, 0.4) is 0 Å². The maximum atomic E-state index is 8.32. The Labute approximate surface area is 130 Å². The minimum absolute atomic E-state index is 0. The van der Waals surface area contributed by atoms with Crippen LogP contribution in [0.4, 0.5) is 0 Å². The van der Waals surface area contributed by atoms with Gasteiger partial charge in [0.25, 0.3) is 0 Å². The SMILES string of the molecule is C.N#Cc1ncc(CBr)cn1.[2H]C([2H])([2H])c1cnc(C#N)nc1. The summed E-state index contributed by atoms with van der Waals surface area (Å²) in [5.41, 5.74) is 1.01. The van der Waals surface area contributed by atoms with Crippen molar-refractivity contribution in [3.8, 4) is 12.1 Å². The number of rotatable bonds is 1. The normalized spacial score (nSPS) is 11.1. The number of hydrogen-bond donors (Lipinski definition) is 0. The van der Waals surface area contributed by atoms with Crippen LogP contribution in [0.5, 0.6) is 0 Å². The van der Waals surface area contributed by atoms with Gasteiger partial charge in [0.1, 0.15) is 12.1 Å². The van der Waals surface area contributed by atoms with E-state index in [9.17, 15) is 0 Å². The van der Waals surface area contributed by atoms with E-state index >= 15 is 0 Å². The molecule has 0 N–H and O–H groups in total. The largest absolute Gasteiger partial charge is 0.232 e. The van der Waals surface area contributed by atoms with Crippen molar-refractivity contribution in [2.24, 2.45) is 0 Å². The van der Waals surface area contributed by atoms with Gasteiger partial charge in [-0.2, -0.15) is 10.5 Å². The van der Waals surface area contributed by atoms with Crippen molar-refractivity contribution in [1.82, 2.24) is 19.9 Å². The highest BCUT2D eigenvalue weighted by Gasteiger charge is 1.92. The van der Waals surface area contributed by atoms with Gasteiger partial charge in [-0.25, -0.2) is 19.9 Å². The highest BCUT2D eigenvalue weighted by molar-refractivity contribution is 9.08. The molecule has 0 unspecified atom stereocenters. The van der Waals surface area contributed by atoms with Crippen LogP contribution >= 0.6 is 15.9 Å². The zero-order valence-electron chi connectivity index (χ0n) is 12.6. The Morgan fingerprint density at radius 3 is 1.85 bits per heavy atom. The van der Waals surface area contributed by atoms with E-state index in [1.165, 1.54) is 0 Å². The topological polar surface area (TPSA) is 99.1 Å². The van der Waals surface area contributed by atoms with Crippen LogP contribution in [0, 0.1) is 29.5 Å². The molecule has 0 saturated carbocycles. The first-order valence-corrected chi connectivity index (χ1v) is 6.02. The molecular formula is C13H13BrN6. The zero-order valence-corrected chi connectivity index (χ0v) is 11.2. The maximum absolute atomic E-state index is 8.32. The summed E-state index contributed by atoms with van der Waals surface area (Å²) in [7, 11) is 0. The van der Waals surface area contributed by atoms with Crippen LogP contribution in [-0.4, -0.2) is 19.9 Å². The summed E-state index contributed by atoms with van der Waals surface area (Å²) in [5, 5.41) is 17.4. The molecule has 6 nitrogen and oxygen atoms in total. The molecule has 2 aromatic rings. The van der Waals surface area contributed by atoms with Gasteiger partial charge in [-0.1, -0.05) is 23.4 Å². The number of aromatic nitrogens is 4. The Kier molecular flexibility index (Phi) is 6.03. The quantitative estimate of drug-likeness (QED) is 0.742. The van der Waals surface area contributed by atoms with Crippen molar-refractivity contribution >= 4 is 15.9 Å². The van der Waals surface area contributed by atoms with E-state index in [1.807, 2.05) is 6.07 Å². The number of alkyl halides is 1. The Hall–Kier alpha value is -2.38. The van der Waals surface area contributed by atoms with Crippen molar-refractivity contribution in [1.29, 1.82) is 10.5 Å². The third-order valence-electron chi connectivity index (χ3n) is 1.71. The molecule has 20 heavy (non-hydrogen) atoms. The molecule has 0 spiro atoms. The Balaban J connectivity index is 0.000000409. The summed E-state index contributed by atoms with van der Waals surface area (Å²) < 4.78 is 20.9. The smallest absolute Gasteiger partial charge is 0.227 e. The summed E-state index contributed by atoms with van der Waals surface area (Å²) in [6.07, 6.45) is 5.53. The minimum Gasteiger partial charge on any atom is -0.227 e. The summed E-state index contributed by atoms with van der Waals surface area (Å²) in [5.74, 6) is 0.188. The molecule has 2 heterocycles. The molecule has 7 heteroatoms. The molecule has 0 aliphatic carbocycles. The van der Waals surface area contributed by atoms with Crippen molar-refractivity contribution in [3.63, 3.8) is 0 Å². The van der Waals surface area contributed by atoms with E-state index in [0.717, 1.165) is 23.3 Å². The molecule has 0 atom stereocenters. The van der Waals surface area contributed by atoms with E-state index in [0.29, 0.717) is 0 Å². The summed E-state index contributed by atoms with van der Waals surface area (Å²) in [4.78, 5) is 14.6. The van der Waals surface area contributed by atoms with Crippen LogP contribution in [0.15, 0.2) is 24.8 Å². The average Bonchev–Trinajstić information content (AvgIpc) is 2.55. The first kappa shape index (κ1) is 12.6. The van der Waals surface area contributed by atoms with Crippen LogP contribution in [0.2, 0.25) is 0 Å². The van der Waals surface area contributed by atoms with Gasteiger partial charge in [0.2, 0.25) is 11.6 Å². The van der Waals surface area contributed by atoms with Gasteiger partial charge in [0.15, 0.2) is 0 Å². The molecule has 0 aromatic carbocycles. The molecule has 0 aliphatic heterocycles. The number of halogens is 1. The predicted octanol–water partition coefficient (Wildman–Crippen LogP) is 2.54. The number of aryl methyl sites for hydroxylation is 1. The highest BCUT2D eigenvalue weighted by Crippen LogP contribution is 2.00. The number of nitriles is 2. The second-order valence-electron chi connectivity index (χ2n) is 3.07. The van der Waals surface area contributed by atoms with Gasteiger partial charge in [0.05, 0.1) is 0 Å². The summed E-state index contributed by atoms with van der Waals surface area (Å²) in [6, 6.07) is 3.54. The third kappa shape index (κ3) is 5.98. The molecule has 0 bridgehead atoms. The molecule has 0 saturated heterocycles. The zero-order chi connectivity index (χ0) is 16.6. The Morgan fingerprint density at radius 1 is 1.05 bits per heavy atom. The maximum Gasteiger partial charge on any atom is 0.232 e. The first-order chi connectivity index (χ1) is 10.4. The molecule has 102 valence electrons. The molecule has 2 rings (SSSR count). The van der Waals surface area contributed by atoms with Crippen LogP contribution < -0.4 is 0 Å². The molecule has 0 amide bonds. The molecule has 0 fully saturated rings. The Bertz CT molecular complexity index is 686. The van der Waals surface area contributed by atoms with E-state index in [2.05, 4.69) is 35.9 Å². The van der Waals surface area contributed by atoms with Gasteiger partial charge in [-0.3, -0.25) is 0 Å². The number of hydrogen-bond acceptors (Lipinski definition) is 6. The van der Waals surface area contributed by atoms with Gasteiger partial charge in [0, 0.05) is 34.2 Å². The lowest BCUT2D eigenvalue weighted by molar-refractivity contribution is 1.08. The standard InChI is InChI=1S/C6H4BrN3.C6H5N3.CH4/c7-1-5-3-9-6(2-8)10-4-5;1-5-3-8-6(2-7)9-4-5;/h3-4H,1H2;3-4H,1H3;1H4/i;1D3;. The van der Waals surface area contributed by atoms with E-state index < -0.39 is 6.85 Å². The minimum atomic E-state index is -2.20. The fourth-order valence-corrected chi connectivity index (χ4v) is 1.16. The first-order valence-electron chi connectivity index (χ1n) is 6.40. The third-order valence-corrected chi connectivity index (χ3v) is 2.36. The average molecular weight is 336 g/mol. The van der Waals surface area contributed by atoms with E-state index in [4.69, 9.17) is 14.6 Å².